The van der Waals surface area contributed by atoms with E-state index in [9.17, 15) is 4.79 Å². The molecule has 0 saturated carbocycles. The number of nitrogens with zero attached hydrogens (tertiary/aromatic N) is 1. The molecule has 4 nitrogen and oxygen atoms in total. The summed E-state index contributed by atoms with van der Waals surface area (Å²) >= 11 is 3.27. The standard InChI is InChI=1S/C16H14BrN3O/c1-9-10(2)19-14-5-3-11(7-13(9)14)16(21)20-12-4-6-15(17)18-8-12/h3-8,19H,1-2H3,(H,20,21). The van der Waals surface area contributed by atoms with Crippen molar-refractivity contribution in [3.05, 3.63) is 58.0 Å². The van der Waals surface area contributed by atoms with Gasteiger partial charge >= 0.3 is 0 Å². The first-order valence-electron chi connectivity index (χ1n) is 6.56. The van der Waals surface area contributed by atoms with E-state index < -0.39 is 0 Å². The summed E-state index contributed by atoms with van der Waals surface area (Å²) in [5, 5.41) is 3.92. The minimum absolute atomic E-state index is 0.140. The van der Waals surface area contributed by atoms with Gasteiger partial charge in [0.2, 0.25) is 0 Å². The van der Waals surface area contributed by atoms with E-state index in [2.05, 4.69) is 38.1 Å². The lowest BCUT2D eigenvalue weighted by Crippen LogP contribution is -2.11. The Morgan fingerprint density at radius 3 is 2.76 bits per heavy atom. The molecule has 2 aromatic heterocycles. The molecule has 3 rings (SSSR count). The van der Waals surface area contributed by atoms with E-state index in [-0.39, 0.29) is 5.91 Å². The van der Waals surface area contributed by atoms with Crippen LogP contribution < -0.4 is 5.32 Å². The van der Waals surface area contributed by atoms with Crippen molar-refractivity contribution in [2.75, 3.05) is 5.32 Å². The van der Waals surface area contributed by atoms with Gasteiger partial charge in [-0.2, -0.15) is 0 Å². The number of carbonyl (C=O) groups is 1. The van der Waals surface area contributed by atoms with Crippen LogP contribution in [-0.4, -0.2) is 15.9 Å². The van der Waals surface area contributed by atoms with Gasteiger partial charge in [0.25, 0.3) is 5.91 Å². The van der Waals surface area contributed by atoms with Crippen LogP contribution in [0.5, 0.6) is 0 Å². The van der Waals surface area contributed by atoms with E-state index in [1.807, 2.05) is 25.1 Å². The van der Waals surface area contributed by atoms with Crippen molar-refractivity contribution in [2.24, 2.45) is 0 Å². The molecule has 0 unspecified atom stereocenters. The van der Waals surface area contributed by atoms with Gasteiger partial charge in [-0.05, 0) is 65.7 Å². The quantitative estimate of drug-likeness (QED) is 0.685. The zero-order chi connectivity index (χ0) is 15.0. The predicted octanol–water partition coefficient (Wildman–Crippen LogP) is 4.19. The van der Waals surface area contributed by atoms with Gasteiger partial charge < -0.3 is 10.3 Å². The number of pyridine rings is 1. The van der Waals surface area contributed by atoms with Crippen LogP contribution in [0.25, 0.3) is 10.9 Å². The lowest BCUT2D eigenvalue weighted by molar-refractivity contribution is 0.102. The van der Waals surface area contributed by atoms with E-state index in [0.29, 0.717) is 11.3 Å². The minimum Gasteiger partial charge on any atom is -0.358 e. The molecule has 5 heteroatoms. The van der Waals surface area contributed by atoms with Gasteiger partial charge in [-0.15, -0.1) is 0 Å². The van der Waals surface area contributed by atoms with Crippen LogP contribution in [0.15, 0.2) is 41.1 Å². The fourth-order valence-corrected chi connectivity index (χ4v) is 2.49. The molecule has 2 heterocycles. The highest BCUT2D eigenvalue weighted by molar-refractivity contribution is 9.10. The zero-order valence-corrected chi connectivity index (χ0v) is 13.3. The largest absolute Gasteiger partial charge is 0.358 e. The monoisotopic (exact) mass is 343 g/mol. The van der Waals surface area contributed by atoms with E-state index in [1.54, 1.807) is 18.3 Å². The number of amides is 1. The van der Waals surface area contributed by atoms with Gasteiger partial charge in [0.05, 0.1) is 11.9 Å². The van der Waals surface area contributed by atoms with Gasteiger partial charge in [-0.1, -0.05) is 0 Å². The molecule has 0 aliphatic rings. The van der Waals surface area contributed by atoms with Crippen LogP contribution in [0, 0.1) is 13.8 Å². The van der Waals surface area contributed by atoms with Crippen LogP contribution in [0.3, 0.4) is 0 Å². The number of rotatable bonds is 2. The predicted molar refractivity (Wildman–Crippen MR) is 87.7 cm³/mol. The molecule has 0 aliphatic carbocycles. The van der Waals surface area contributed by atoms with Crippen molar-refractivity contribution in [1.82, 2.24) is 9.97 Å². The fraction of sp³-hybridized carbons (Fsp3) is 0.125. The molecule has 1 amide bonds. The first kappa shape index (κ1) is 13.8. The topological polar surface area (TPSA) is 57.8 Å². The van der Waals surface area contributed by atoms with Crippen LogP contribution >= 0.6 is 15.9 Å². The SMILES string of the molecule is Cc1[nH]c2ccc(C(=O)Nc3ccc(Br)nc3)cc2c1C. The van der Waals surface area contributed by atoms with Crippen molar-refractivity contribution in [1.29, 1.82) is 0 Å². The third-order valence-electron chi connectivity index (χ3n) is 3.56. The van der Waals surface area contributed by atoms with Crippen LogP contribution in [0.2, 0.25) is 0 Å². The number of hydrogen-bond acceptors (Lipinski definition) is 2. The first-order valence-corrected chi connectivity index (χ1v) is 7.36. The molecular formula is C16H14BrN3O. The maximum atomic E-state index is 12.3. The van der Waals surface area contributed by atoms with E-state index >= 15 is 0 Å². The van der Waals surface area contributed by atoms with Crippen molar-refractivity contribution in [3.63, 3.8) is 0 Å². The normalized spacial score (nSPS) is 10.8. The van der Waals surface area contributed by atoms with Gasteiger partial charge in [0.15, 0.2) is 0 Å². The number of H-pyrrole nitrogens is 1. The Kier molecular flexibility index (Phi) is 3.51. The molecule has 0 radical (unpaired) electrons. The third kappa shape index (κ3) is 2.69. The molecule has 1 aromatic carbocycles. The lowest BCUT2D eigenvalue weighted by atomic mass is 10.1. The van der Waals surface area contributed by atoms with Crippen LogP contribution in [0.1, 0.15) is 21.6 Å². The summed E-state index contributed by atoms with van der Waals surface area (Å²) in [7, 11) is 0. The molecule has 0 spiro atoms. The molecule has 0 saturated heterocycles. The van der Waals surface area contributed by atoms with Gasteiger partial charge in [0.1, 0.15) is 4.60 Å². The summed E-state index contributed by atoms with van der Waals surface area (Å²) in [4.78, 5) is 19.7. The molecule has 106 valence electrons. The van der Waals surface area contributed by atoms with Crippen LogP contribution in [-0.2, 0) is 0 Å². The molecule has 0 atom stereocenters. The molecule has 0 aliphatic heterocycles. The maximum absolute atomic E-state index is 12.3. The second-order valence-corrected chi connectivity index (χ2v) is 5.77. The van der Waals surface area contributed by atoms with Gasteiger partial charge in [-0.3, -0.25) is 4.79 Å². The van der Waals surface area contributed by atoms with Crippen molar-refractivity contribution < 1.29 is 4.79 Å². The minimum atomic E-state index is -0.140. The zero-order valence-electron chi connectivity index (χ0n) is 11.7. The smallest absolute Gasteiger partial charge is 0.255 e. The van der Waals surface area contributed by atoms with Crippen molar-refractivity contribution >= 4 is 38.4 Å². The number of hydrogen-bond donors (Lipinski definition) is 2. The number of benzene rings is 1. The molecule has 0 bridgehead atoms. The number of anilines is 1. The summed E-state index contributed by atoms with van der Waals surface area (Å²) < 4.78 is 0.736. The Balaban J connectivity index is 1.90. The summed E-state index contributed by atoms with van der Waals surface area (Å²) in [5.74, 6) is -0.140. The summed E-state index contributed by atoms with van der Waals surface area (Å²) in [5.41, 5.74) is 4.65. The average molecular weight is 344 g/mol. The van der Waals surface area contributed by atoms with Crippen molar-refractivity contribution in [2.45, 2.75) is 13.8 Å². The second kappa shape index (κ2) is 5.33. The van der Waals surface area contributed by atoms with E-state index in [0.717, 1.165) is 21.2 Å². The number of fused-ring (bicyclic) bond motifs is 1. The molecule has 0 fully saturated rings. The van der Waals surface area contributed by atoms with E-state index in [1.165, 1.54) is 5.56 Å². The van der Waals surface area contributed by atoms with Crippen molar-refractivity contribution in [3.8, 4) is 0 Å². The molecule has 21 heavy (non-hydrogen) atoms. The number of aromatic amines is 1. The summed E-state index contributed by atoms with van der Waals surface area (Å²) in [6.45, 7) is 4.08. The molecule has 3 aromatic rings. The Labute approximate surface area is 130 Å². The highest BCUT2D eigenvalue weighted by atomic mass is 79.9. The molecule has 2 N–H and O–H groups in total. The Bertz CT molecular complexity index is 821. The number of halogens is 1. The summed E-state index contributed by atoms with van der Waals surface area (Å²) in [6, 6.07) is 9.26. The first-order chi connectivity index (χ1) is 10.0. The number of nitrogens with one attached hydrogen (secondary N) is 2. The number of aryl methyl sites for hydroxylation is 2. The maximum Gasteiger partial charge on any atom is 0.255 e. The highest BCUT2D eigenvalue weighted by Gasteiger charge is 2.10. The molecular weight excluding hydrogens is 330 g/mol. The summed E-state index contributed by atoms with van der Waals surface area (Å²) in [6.07, 6.45) is 1.62. The second-order valence-electron chi connectivity index (χ2n) is 4.96. The Hall–Kier alpha value is -2.14. The lowest BCUT2D eigenvalue weighted by Gasteiger charge is -2.05. The fourth-order valence-electron chi connectivity index (χ4n) is 2.26. The number of carbonyl (C=O) groups excluding carboxylic acids is 1. The number of aromatic nitrogens is 2. The Morgan fingerprint density at radius 2 is 2.05 bits per heavy atom. The highest BCUT2D eigenvalue weighted by Crippen LogP contribution is 2.23. The van der Waals surface area contributed by atoms with Gasteiger partial charge in [-0.25, -0.2) is 4.98 Å². The third-order valence-corrected chi connectivity index (χ3v) is 4.02. The van der Waals surface area contributed by atoms with E-state index in [4.69, 9.17) is 0 Å². The van der Waals surface area contributed by atoms with Crippen LogP contribution in [0.4, 0.5) is 5.69 Å². The Morgan fingerprint density at radius 1 is 1.24 bits per heavy atom. The van der Waals surface area contributed by atoms with Gasteiger partial charge in [0, 0.05) is 22.2 Å². The average Bonchev–Trinajstić information content (AvgIpc) is 2.76.